The smallest absolute Gasteiger partial charge is 0.147 e. The van der Waals surface area contributed by atoms with E-state index in [0.717, 1.165) is 0 Å². The van der Waals surface area contributed by atoms with E-state index >= 15 is 0 Å². The van der Waals surface area contributed by atoms with Crippen molar-refractivity contribution in [2.24, 2.45) is 5.73 Å². The number of pyridine rings is 1. The molecule has 0 aliphatic rings. The van der Waals surface area contributed by atoms with Gasteiger partial charge in [0.1, 0.15) is 5.15 Å². The van der Waals surface area contributed by atoms with Crippen molar-refractivity contribution < 1.29 is 5.11 Å². The van der Waals surface area contributed by atoms with Gasteiger partial charge in [0, 0.05) is 6.20 Å². The fourth-order valence-electron chi connectivity index (χ4n) is 0.825. The topological polar surface area (TPSA) is 59.1 Å². The summed E-state index contributed by atoms with van der Waals surface area (Å²) in [6, 6.07) is 1.60. The third-order valence-corrected chi connectivity index (χ3v) is 2.47. The van der Waals surface area contributed by atoms with Crippen LogP contribution in [0, 0.1) is 0 Å². The minimum atomic E-state index is -0.832. The number of hydrogen-bond donors (Lipinski definition) is 2. The maximum absolute atomic E-state index is 8.98. The Morgan fingerprint density at radius 2 is 2.23 bits per heavy atom. The number of nitrogens with two attached hydrogens (primary N) is 1. The van der Waals surface area contributed by atoms with Crippen molar-refractivity contribution in [3.05, 3.63) is 28.0 Å². The Morgan fingerprint density at radius 1 is 1.62 bits per heavy atom. The molecule has 0 amide bonds. The van der Waals surface area contributed by atoms with E-state index in [1.807, 2.05) is 0 Å². The molecule has 0 aliphatic heterocycles. The predicted molar refractivity (Wildman–Crippen MR) is 52.9 cm³/mol. The molecule has 1 aromatic rings. The molecule has 0 bridgehead atoms. The average Bonchev–Trinajstić information content (AvgIpc) is 2.09. The molecular formula is C8H10Cl2N2O. The highest BCUT2D eigenvalue weighted by Crippen LogP contribution is 2.24. The zero-order chi connectivity index (χ0) is 10.1. The second-order valence-electron chi connectivity index (χ2n) is 3.07. The number of aliphatic hydroxyl groups is 1. The van der Waals surface area contributed by atoms with E-state index < -0.39 is 5.54 Å². The molecule has 3 nitrogen and oxygen atoms in total. The van der Waals surface area contributed by atoms with Gasteiger partial charge < -0.3 is 10.8 Å². The average molecular weight is 221 g/mol. The minimum absolute atomic E-state index is 0.174. The summed E-state index contributed by atoms with van der Waals surface area (Å²) < 4.78 is 0. The molecule has 0 radical (unpaired) electrons. The lowest BCUT2D eigenvalue weighted by Gasteiger charge is -2.21. The molecular weight excluding hydrogens is 211 g/mol. The molecule has 72 valence electrons. The lowest BCUT2D eigenvalue weighted by Crippen LogP contribution is -2.37. The number of rotatable bonds is 2. The number of hydrogen-bond acceptors (Lipinski definition) is 3. The van der Waals surface area contributed by atoms with E-state index in [1.165, 1.54) is 6.20 Å². The predicted octanol–water partition coefficient (Wildman–Crippen LogP) is 1.55. The van der Waals surface area contributed by atoms with Crippen LogP contribution in [0.2, 0.25) is 10.2 Å². The van der Waals surface area contributed by atoms with Crippen LogP contribution in [-0.2, 0) is 5.54 Å². The van der Waals surface area contributed by atoms with E-state index in [-0.39, 0.29) is 11.8 Å². The van der Waals surface area contributed by atoms with E-state index in [4.69, 9.17) is 34.0 Å². The van der Waals surface area contributed by atoms with Gasteiger partial charge in [-0.3, -0.25) is 0 Å². The van der Waals surface area contributed by atoms with Gasteiger partial charge >= 0.3 is 0 Å². The van der Waals surface area contributed by atoms with Crippen LogP contribution in [-0.4, -0.2) is 16.7 Å². The highest BCUT2D eigenvalue weighted by atomic mass is 35.5. The van der Waals surface area contributed by atoms with Crippen LogP contribution in [0.15, 0.2) is 12.3 Å². The first-order chi connectivity index (χ1) is 5.97. The van der Waals surface area contributed by atoms with Crippen LogP contribution in [0.5, 0.6) is 0 Å². The molecule has 0 saturated carbocycles. The summed E-state index contributed by atoms with van der Waals surface area (Å²) in [5.41, 5.74) is 5.59. The molecule has 3 N–H and O–H groups in total. The van der Waals surface area contributed by atoms with Gasteiger partial charge in [-0.25, -0.2) is 4.98 Å². The number of halogens is 2. The highest BCUT2D eigenvalue weighted by Gasteiger charge is 2.21. The Morgan fingerprint density at radius 3 is 2.69 bits per heavy atom. The maximum Gasteiger partial charge on any atom is 0.147 e. The van der Waals surface area contributed by atoms with Crippen molar-refractivity contribution in [2.45, 2.75) is 12.5 Å². The molecule has 0 spiro atoms. The lowest BCUT2D eigenvalue weighted by molar-refractivity contribution is 0.210. The molecule has 1 aromatic heterocycles. The quantitative estimate of drug-likeness (QED) is 0.745. The molecule has 1 atom stereocenters. The van der Waals surface area contributed by atoms with Crippen molar-refractivity contribution in [1.82, 2.24) is 4.98 Å². The normalized spacial score (nSPS) is 15.5. The van der Waals surface area contributed by atoms with E-state index in [9.17, 15) is 0 Å². The largest absolute Gasteiger partial charge is 0.394 e. The number of nitrogens with zero attached hydrogens (tertiary/aromatic N) is 1. The van der Waals surface area contributed by atoms with Crippen molar-refractivity contribution in [2.75, 3.05) is 6.61 Å². The zero-order valence-electron chi connectivity index (χ0n) is 7.09. The summed E-state index contributed by atoms with van der Waals surface area (Å²) in [6.45, 7) is 1.51. The first kappa shape index (κ1) is 10.7. The van der Waals surface area contributed by atoms with Crippen LogP contribution in [0.1, 0.15) is 12.5 Å². The van der Waals surface area contributed by atoms with Crippen molar-refractivity contribution in [3.8, 4) is 0 Å². The number of aliphatic hydroxyl groups excluding tert-OH is 1. The Hall–Kier alpha value is -0.350. The van der Waals surface area contributed by atoms with Gasteiger partial charge in [0.25, 0.3) is 0 Å². The molecule has 0 unspecified atom stereocenters. The molecule has 0 aliphatic carbocycles. The third-order valence-electron chi connectivity index (χ3n) is 1.78. The van der Waals surface area contributed by atoms with E-state index in [2.05, 4.69) is 4.98 Å². The lowest BCUT2D eigenvalue weighted by atomic mass is 9.96. The van der Waals surface area contributed by atoms with Gasteiger partial charge in [-0.2, -0.15) is 0 Å². The summed E-state index contributed by atoms with van der Waals surface area (Å²) in [5.74, 6) is 0. The Bertz CT molecular complexity index is 315. The van der Waals surface area contributed by atoms with Gasteiger partial charge in [-0.05, 0) is 18.6 Å². The summed E-state index contributed by atoms with van der Waals surface area (Å²) in [4.78, 5) is 3.84. The third kappa shape index (κ3) is 2.31. The van der Waals surface area contributed by atoms with Gasteiger partial charge in [0.15, 0.2) is 0 Å². The molecule has 0 aromatic carbocycles. The van der Waals surface area contributed by atoms with Gasteiger partial charge in [0.05, 0.1) is 17.2 Å². The summed E-state index contributed by atoms with van der Waals surface area (Å²) in [5, 5.41) is 9.55. The molecule has 0 saturated heterocycles. The van der Waals surface area contributed by atoms with Gasteiger partial charge in [-0.15, -0.1) is 0 Å². The van der Waals surface area contributed by atoms with Gasteiger partial charge in [0.2, 0.25) is 0 Å². The monoisotopic (exact) mass is 220 g/mol. The van der Waals surface area contributed by atoms with Crippen molar-refractivity contribution >= 4 is 23.2 Å². The van der Waals surface area contributed by atoms with Crippen molar-refractivity contribution in [3.63, 3.8) is 0 Å². The first-order valence-corrected chi connectivity index (χ1v) is 4.44. The van der Waals surface area contributed by atoms with E-state index in [1.54, 1.807) is 13.0 Å². The molecule has 0 fully saturated rings. The maximum atomic E-state index is 8.98. The standard InChI is InChI=1S/C8H10Cl2N2O/c1-8(11,4-13)5-2-6(9)7(10)12-3-5/h2-3,13H,4,11H2,1H3/t8-/m0/s1. The highest BCUT2D eigenvalue weighted by molar-refractivity contribution is 6.41. The molecule has 13 heavy (non-hydrogen) atoms. The first-order valence-electron chi connectivity index (χ1n) is 3.68. The minimum Gasteiger partial charge on any atom is -0.394 e. The second-order valence-corrected chi connectivity index (χ2v) is 3.84. The zero-order valence-corrected chi connectivity index (χ0v) is 8.60. The fraction of sp³-hybridized carbons (Fsp3) is 0.375. The van der Waals surface area contributed by atoms with Crippen LogP contribution in [0.3, 0.4) is 0 Å². The Balaban J connectivity index is 3.10. The number of aromatic nitrogens is 1. The Kier molecular flexibility index (Phi) is 3.14. The summed E-state index contributed by atoms with van der Waals surface area (Å²) >= 11 is 11.4. The van der Waals surface area contributed by atoms with Crippen LogP contribution in [0.4, 0.5) is 0 Å². The molecule has 1 heterocycles. The second kappa shape index (κ2) is 3.80. The van der Waals surface area contributed by atoms with Crippen molar-refractivity contribution in [1.29, 1.82) is 0 Å². The molecule has 5 heteroatoms. The molecule has 1 rings (SSSR count). The van der Waals surface area contributed by atoms with Gasteiger partial charge in [-0.1, -0.05) is 23.2 Å². The summed E-state index contributed by atoms with van der Waals surface area (Å²) in [7, 11) is 0. The van der Waals surface area contributed by atoms with Crippen LogP contribution < -0.4 is 5.73 Å². The SMILES string of the molecule is C[C@](N)(CO)c1cnc(Cl)c(Cl)c1. The fourth-order valence-corrected chi connectivity index (χ4v) is 1.09. The summed E-state index contributed by atoms with van der Waals surface area (Å²) in [6.07, 6.45) is 1.50. The Labute approximate surface area is 86.5 Å². The van der Waals surface area contributed by atoms with Crippen LogP contribution >= 0.6 is 23.2 Å². The van der Waals surface area contributed by atoms with E-state index in [0.29, 0.717) is 10.6 Å². The van der Waals surface area contributed by atoms with Crippen LogP contribution in [0.25, 0.3) is 0 Å².